The lowest BCUT2D eigenvalue weighted by Gasteiger charge is -2.10. The van der Waals surface area contributed by atoms with Crippen LogP contribution in [-0.2, 0) is 11.3 Å². The number of hydrogen-bond donors (Lipinski definition) is 1. The molecule has 0 atom stereocenters. The summed E-state index contributed by atoms with van der Waals surface area (Å²) in [5.41, 5.74) is 0.177. The van der Waals surface area contributed by atoms with Gasteiger partial charge in [0.15, 0.2) is 0 Å². The predicted octanol–water partition coefficient (Wildman–Crippen LogP) is 3.71. The first-order valence-corrected chi connectivity index (χ1v) is 8.30. The minimum Gasteiger partial charge on any atom is -0.481 e. The maximum Gasteiger partial charge on any atom is 0.303 e. The number of halogens is 2. The lowest BCUT2D eigenvalue weighted by atomic mass is 10.2. The number of carboxylic acid groups (broad SMARTS) is 1. The van der Waals surface area contributed by atoms with Crippen LogP contribution in [0.5, 0.6) is 0 Å². The standard InChI is InChI=1S/C20H16F2N2O3/c21-14-8-9-16(22)13(12-14)7-10-18-23-17-5-2-1-4-15(17)20(27)24(18)11-3-6-19(25)26/h1-2,4-5,7-10,12H,3,6,11H2,(H,25,26)/b10-7+. The summed E-state index contributed by atoms with van der Waals surface area (Å²) in [6.45, 7) is 0.147. The molecule has 7 heteroatoms. The van der Waals surface area contributed by atoms with Crippen molar-refractivity contribution in [2.75, 3.05) is 0 Å². The number of nitrogens with zero attached hydrogens (tertiary/aromatic N) is 2. The van der Waals surface area contributed by atoms with Crippen LogP contribution in [0.15, 0.2) is 47.3 Å². The fraction of sp³-hybridized carbons (Fsp3) is 0.150. The van der Waals surface area contributed by atoms with Crippen LogP contribution >= 0.6 is 0 Å². The maximum atomic E-state index is 13.8. The van der Waals surface area contributed by atoms with E-state index >= 15 is 0 Å². The van der Waals surface area contributed by atoms with Crippen LogP contribution < -0.4 is 5.56 Å². The number of hydrogen-bond acceptors (Lipinski definition) is 3. The van der Waals surface area contributed by atoms with E-state index in [1.165, 1.54) is 16.7 Å². The minimum absolute atomic E-state index is 0.0227. The van der Waals surface area contributed by atoms with Gasteiger partial charge in [-0.3, -0.25) is 14.2 Å². The molecule has 0 bridgehead atoms. The van der Waals surface area contributed by atoms with Crippen LogP contribution in [0.2, 0.25) is 0 Å². The van der Waals surface area contributed by atoms with Crippen molar-refractivity contribution in [3.63, 3.8) is 0 Å². The van der Waals surface area contributed by atoms with E-state index in [-0.39, 0.29) is 36.3 Å². The average molecular weight is 370 g/mol. The molecule has 0 aliphatic rings. The van der Waals surface area contributed by atoms with Gasteiger partial charge in [0, 0.05) is 18.5 Å². The zero-order valence-corrected chi connectivity index (χ0v) is 14.2. The smallest absolute Gasteiger partial charge is 0.303 e. The molecule has 2 aromatic carbocycles. The normalized spacial score (nSPS) is 11.3. The van der Waals surface area contributed by atoms with E-state index < -0.39 is 17.6 Å². The van der Waals surface area contributed by atoms with Gasteiger partial charge < -0.3 is 5.11 Å². The van der Waals surface area contributed by atoms with Crippen molar-refractivity contribution in [2.45, 2.75) is 19.4 Å². The van der Waals surface area contributed by atoms with Gasteiger partial charge in [-0.25, -0.2) is 13.8 Å². The fourth-order valence-corrected chi connectivity index (χ4v) is 2.72. The molecule has 0 aliphatic heterocycles. The summed E-state index contributed by atoms with van der Waals surface area (Å²) in [4.78, 5) is 27.9. The predicted molar refractivity (Wildman–Crippen MR) is 98.2 cm³/mol. The molecular formula is C20H16F2N2O3. The summed E-state index contributed by atoms with van der Waals surface area (Å²) in [6.07, 6.45) is 2.90. The highest BCUT2D eigenvalue weighted by Crippen LogP contribution is 2.15. The first-order chi connectivity index (χ1) is 13.0. The highest BCUT2D eigenvalue weighted by atomic mass is 19.1. The van der Waals surface area contributed by atoms with Crippen molar-refractivity contribution in [3.05, 3.63) is 75.8 Å². The molecule has 3 rings (SSSR count). The van der Waals surface area contributed by atoms with Crippen LogP contribution in [0.1, 0.15) is 24.2 Å². The zero-order chi connectivity index (χ0) is 19.4. The van der Waals surface area contributed by atoms with Crippen molar-refractivity contribution >= 4 is 29.0 Å². The molecule has 0 unspecified atom stereocenters. The molecule has 0 fully saturated rings. The third-order valence-corrected chi connectivity index (χ3v) is 4.03. The van der Waals surface area contributed by atoms with Crippen molar-refractivity contribution in [2.24, 2.45) is 0 Å². The second-order valence-corrected chi connectivity index (χ2v) is 5.94. The van der Waals surface area contributed by atoms with Gasteiger partial charge in [0.2, 0.25) is 0 Å². The Bertz CT molecular complexity index is 1090. The first-order valence-electron chi connectivity index (χ1n) is 8.30. The number of aliphatic carboxylic acids is 1. The van der Waals surface area contributed by atoms with E-state index in [1.807, 2.05) is 0 Å². The second-order valence-electron chi connectivity index (χ2n) is 5.94. The Morgan fingerprint density at radius 3 is 2.70 bits per heavy atom. The molecule has 5 nitrogen and oxygen atoms in total. The lowest BCUT2D eigenvalue weighted by Crippen LogP contribution is -2.24. The summed E-state index contributed by atoms with van der Waals surface area (Å²) in [5, 5.41) is 9.22. The van der Waals surface area contributed by atoms with Gasteiger partial charge in [-0.2, -0.15) is 0 Å². The van der Waals surface area contributed by atoms with E-state index in [2.05, 4.69) is 4.98 Å². The van der Waals surface area contributed by atoms with Gasteiger partial charge >= 0.3 is 5.97 Å². The average Bonchev–Trinajstić information content (AvgIpc) is 2.64. The number of para-hydroxylation sites is 1. The number of rotatable bonds is 6. The summed E-state index contributed by atoms with van der Waals surface area (Å²) < 4.78 is 28.5. The van der Waals surface area contributed by atoms with E-state index in [0.717, 1.165) is 18.2 Å². The Labute approximate surface area is 153 Å². The van der Waals surface area contributed by atoms with Crippen LogP contribution in [0.4, 0.5) is 8.78 Å². The summed E-state index contributed by atoms with van der Waals surface area (Å²) in [6, 6.07) is 9.84. The van der Waals surface area contributed by atoms with Gasteiger partial charge in [-0.05, 0) is 48.9 Å². The van der Waals surface area contributed by atoms with Gasteiger partial charge in [0.1, 0.15) is 17.5 Å². The van der Waals surface area contributed by atoms with Crippen molar-refractivity contribution in [1.82, 2.24) is 9.55 Å². The van der Waals surface area contributed by atoms with Gasteiger partial charge in [0.05, 0.1) is 10.9 Å². The quantitative estimate of drug-likeness (QED) is 0.718. The van der Waals surface area contributed by atoms with Gasteiger partial charge in [0.25, 0.3) is 5.56 Å². The largest absolute Gasteiger partial charge is 0.481 e. The van der Waals surface area contributed by atoms with Gasteiger partial charge in [-0.1, -0.05) is 12.1 Å². The van der Waals surface area contributed by atoms with E-state index in [4.69, 9.17) is 5.11 Å². The lowest BCUT2D eigenvalue weighted by molar-refractivity contribution is -0.137. The van der Waals surface area contributed by atoms with Crippen molar-refractivity contribution in [1.29, 1.82) is 0 Å². The Hall–Kier alpha value is -3.35. The third-order valence-electron chi connectivity index (χ3n) is 4.03. The first kappa shape index (κ1) is 18.4. The Kier molecular flexibility index (Phi) is 5.40. The number of carbonyl (C=O) groups is 1. The van der Waals surface area contributed by atoms with Crippen molar-refractivity contribution < 1.29 is 18.7 Å². The molecule has 0 saturated heterocycles. The topological polar surface area (TPSA) is 72.2 Å². The van der Waals surface area contributed by atoms with E-state index in [1.54, 1.807) is 24.3 Å². The molecule has 0 aliphatic carbocycles. The molecule has 27 heavy (non-hydrogen) atoms. The third kappa shape index (κ3) is 4.25. The number of benzene rings is 2. The highest BCUT2D eigenvalue weighted by Gasteiger charge is 2.10. The summed E-state index contributed by atoms with van der Waals surface area (Å²) >= 11 is 0. The van der Waals surface area contributed by atoms with E-state index in [0.29, 0.717) is 10.9 Å². The van der Waals surface area contributed by atoms with Crippen LogP contribution in [0, 0.1) is 11.6 Å². The molecule has 1 N–H and O–H groups in total. The fourth-order valence-electron chi connectivity index (χ4n) is 2.72. The van der Waals surface area contributed by atoms with Gasteiger partial charge in [-0.15, -0.1) is 0 Å². The highest BCUT2D eigenvalue weighted by molar-refractivity contribution is 5.79. The number of aromatic nitrogens is 2. The molecule has 0 radical (unpaired) electrons. The summed E-state index contributed by atoms with van der Waals surface area (Å²) in [5.74, 6) is -1.90. The van der Waals surface area contributed by atoms with Crippen LogP contribution in [0.3, 0.4) is 0 Å². The Morgan fingerprint density at radius 1 is 1.15 bits per heavy atom. The second kappa shape index (κ2) is 7.90. The summed E-state index contributed by atoms with van der Waals surface area (Å²) in [7, 11) is 0. The van der Waals surface area contributed by atoms with Crippen molar-refractivity contribution in [3.8, 4) is 0 Å². The number of carboxylic acids is 1. The SMILES string of the molecule is O=C(O)CCCn1c(/C=C/c2cc(F)ccc2F)nc2ccccc2c1=O. The molecule has 1 heterocycles. The van der Waals surface area contributed by atoms with Crippen LogP contribution in [-0.4, -0.2) is 20.6 Å². The molecule has 0 amide bonds. The molecule has 138 valence electrons. The van der Waals surface area contributed by atoms with Crippen LogP contribution in [0.25, 0.3) is 23.1 Å². The molecule has 3 aromatic rings. The Balaban J connectivity index is 2.06. The number of fused-ring (bicyclic) bond motifs is 1. The Morgan fingerprint density at radius 2 is 1.93 bits per heavy atom. The molecule has 1 aromatic heterocycles. The molecule has 0 saturated carbocycles. The van der Waals surface area contributed by atoms with E-state index in [9.17, 15) is 18.4 Å². The minimum atomic E-state index is -0.962. The maximum absolute atomic E-state index is 13.8. The molecule has 0 spiro atoms. The monoisotopic (exact) mass is 370 g/mol. The zero-order valence-electron chi connectivity index (χ0n) is 14.2. The molecular weight excluding hydrogens is 354 g/mol.